The number of nitrogens with one attached hydrogen (secondary N) is 1. The number of piperidine rings is 1. The van der Waals surface area contributed by atoms with Crippen molar-refractivity contribution in [3.05, 3.63) is 70.2 Å². The molecule has 8 heteroatoms. The van der Waals surface area contributed by atoms with Crippen LogP contribution in [0.5, 0.6) is 11.6 Å². The maximum atomic E-state index is 12.5. The Morgan fingerprint density at radius 2 is 2.09 bits per heavy atom. The van der Waals surface area contributed by atoms with Crippen LogP contribution in [0, 0.1) is 0 Å². The highest BCUT2D eigenvalue weighted by atomic mass is 32.1. The molecule has 3 heterocycles. The Bertz CT molecular complexity index is 1040. The SMILES string of the molecule is COc1cnc(NC(=O)N2CCC(=Cc3cccc(OCCc4ccsc4)c3)CC2)cn1. The average Bonchev–Trinajstić information content (AvgIpc) is 3.34. The molecule has 1 aromatic carbocycles. The number of hydrogen-bond acceptors (Lipinski definition) is 6. The lowest BCUT2D eigenvalue weighted by Gasteiger charge is -2.28. The van der Waals surface area contributed by atoms with Crippen LogP contribution < -0.4 is 14.8 Å². The first-order chi connectivity index (χ1) is 15.7. The molecule has 0 spiro atoms. The molecular formula is C24H26N4O3S. The van der Waals surface area contributed by atoms with Gasteiger partial charge in [-0.05, 0) is 52.9 Å². The summed E-state index contributed by atoms with van der Waals surface area (Å²) in [5.41, 5.74) is 3.76. The van der Waals surface area contributed by atoms with Crippen molar-refractivity contribution in [3.63, 3.8) is 0 Å². The molecule has 0 atom stereocenters. The number of ether oxygens (including phenoxy) is 2. The zero-order chi connectivity index (χ0) is 22.2. The molecule has 7 nitrogen and oxygen atoms in total. The van der Waals surface area contributed by atoms with E-state index in [4.69, 9.17) is 9.47 Å². The summed E-state index contributed by atoms with van der Waals surface area (Å²) < 4.78 is 10.9. The Morgan fingerprint density at radius 1 is 1.22 bits per heavy atom. The van der Waals surface area contributed by atoms with Gasteiger partial charge in [-0.25, -0.2) is 14.8 Å². The highest BCUT2D eigenvalue weighted by Gasteiger charge is 2.19. The molecule has 2 amide bonds. The normalized spacial score (nSPS) is 13.5. The van der Waals surface area contributed by atoms with Gasteiger partial charge in [0.2, 0.25) is 5.88 Å². The van der Waals surface area contributed by atoms with Crippen molar-refractivity contribution in [3.8, 4) is 11.6 Å². The topological polar surface area (TPSA) is 76.6 Å². The molecule has 1 fully saturated rings. The van der Waals surface area contributed by atoms with Crippen LogP contribution in [0.25, 0.3) is 6.08 Å². The van der Waals surface area contributed by atoms with Crippen LogP contribution >= 0.6 is 11.3 Å². The van der Waals surface area contributed by atoms with Crippen LogP contribution in [-0.4, -0.2) is 47.7 Å². The number of urea groups is 1. The highest BCUT2D eigenvalue weighted by Crippen LogP contribution is 2.22. The minimum absolute atomic E-state index is 0.162. The zero-order valence-corrected chi connectivity index (χ0v) is 18.8. The van der Waals surface area contributed by atoms with E-state index in [9.17, 15) is 4.79 Å². The molecular weight excluding hydrogens is 424 g/mol. The summed E-state index contributed by atoms with van der Waals surface area (Å²) in [4.78, 5) is 22.5. The molecule has 2 aromatic heterocycles. The second-order valence-electron chi connectivity index (χ2n) is 7.47. The quantitative estimate of drug-likeness (QED) is 0.555. The molecule has 1 N–H and O–H groups in total. The van der Waals surface area contributed by atoms with E-state index < -0.39 is 0 Å². The Kier molecular flexibility index (Phi) is 7.34. The maximum absolute atomic E-state index is 12.5. The number of aromatic nitrogens is 2. The van der Waals surface area contributed by atoms with Gasteiger partial charge in [-0.1, -0.05) is 23.8 Å². The number of carbonyl (C=O) groups is 1. The lowest BCUT2D eigenvalue weighted by atomic mass is 10.0. The minimum Gasteiger partial charge on any atom is -0.493 e. The number of benzene rings is 1. The van der Waals surface area contributed by atoms with Gasteiger partial charge >= 0.3 is 6.03 Å². The van der Waals surface area contributed by atoms with E-state index in [-0.39, 0.29) is 6.03 Å². The van der Waals surface area contributed by atoms with Crippen molar-refractivity contribution < 1.29 is 14.3 Å². The van der Waals surface area contributed by atoms with Gasteiger partial charge in [0.1, 0.15) is 5.75 Å². The van der Waals surface area contributed by atoms with Crippen LogP contribution in [0.4, 0.5) is 10.6 Å². The number of amides is 2. The van der Waals surface area contributed by atoms with Crippen molar-refractivity contribution in [2.75, 3.05) is 32.1 Å². The minimum atomic E-state index is -0.162. The Morgan fingerprint density at radius 3 is 2.81 bits per heavy atom. The molecule has 0 unspecified atom stereocenters. The van der Waals surface area contributed by atoms with Crippen LogP contribution in [0.1, 0.15) is 24.0 Å². The summed E-state index contributed by atoms with van der Waals surface area (Å²) in [6.07, 6.45) is 7.76. The standard InChI is InChI=1S/C24H26N4O3S/c1-30-23-16-25-22(15-26-23)27-24(29)28-9-5-18(6-10-28)13-20-3-2-4-21(14-20)31-11-7-19-8-12-32-17-19/h2-4,8,12-17H,5-7,9-11H2,1H3,(H,25,27,29). The number of hydrogen-bond donors (Lipinski definition) is 1. The van der Waals surface area contributed by atoms with Crippen molar-refractivity contribution >= 4 is 29.3 Å². The number of methoxy groups -OCH3 is 1. The fourth-order valence-corrected chi connectivity index (χ4v) is 4.17. The first kappa shape index (κ1) is 21.8. The predicted octanol–water partition coefficient (Wildman–Crippen LogP) is 4.88. The fourth-order valence-electron chi connectivity index (χ4n) is 3.47. The summed E-state index contributed by atoms with van der Waals surface area (Å²) in [7, 11) is 1.52. The maximum Gasteiger partial charge on any atom is 0.323 e. The molecule has 3 aromatic rings. The second kappa shape index (κ2) is 10.8. The van der Waals surface area contributed by atoms with E-state index in [1.54, 1.807) is 16.2 Å². The van der Waals surface area contributed by atoms with Crippen LogP contribution in [0.3, 0.4) is 0 Å². The van der Waals surface area contributed by atoms with E-state index in [0.717, 1.165) is 30.6 Å². The van der Waals surface area contributed by atoms with Gasteiger partial charge in [0.25, 0.3) is 0 Å². The van der Waals surface area contributed by atoms with Gasteiger partial charge in [0.05, 0.1) is 26.1 Å². The number of rotatable bonds is 7. The molecule has 0 saturated carbocycles. The number of thiophene rings is 1. The smallest absolute Gasteiger partial charge is 0.323 e. The molecule has 4 rings (SSSR count). The van der Waals surface area contributed by atoms with Gasteiger partial charge in [-0.2, -0.15) is 11.3 Å². The summed E-state index contributed by atoms with van der Waals surface area (Å²) in [5, 5.41) is 7.03. The zero-order valence-electron chi connectivity index (χ0n) is 18.0. The Labute approximate surface area is 191 Å². The molecule has 1 aliphatic rings. The largest absolute Gasteiger partial charge is 0.493 e. The lowest BCUT2D eigenvalue weighted by molar-refractivity contribution is 0.207. The molecule has 0 aliphatic carbocycles. The number of nitrogens with zero attached hydrogens (tertiary/aromatic N) is 3. The Balaban J connectivity index is 1.26. The molecule has 1 aliphatic heterocycles. The van der Waals surface area contributed by atoms with E-state index >= 15 is 0 Å². The number of carbonyl (C=O) groups excluding carboxylic acids is 1. The number of anilines is 1. The fraction of sp³-hybridized carbons (Fsp3) is 0.292. The first-order valence-electron chi connectivity index (χ1n) is 10.5. The first-order valence-corrected chi connectivity index (χ1v) is 11.5. The summed E-state index contributed by atoms with van der Waals surface area (Å²) in [6, 6.07) is 10.1. The van der Waals surface area contributed by atoms with Gasteiger partial charge in [-0.3, -0.25) is 5.32 Å². The third-order valence-electron chi connectivity index (χ3n) is 5.23. The third kappa shape index (κ3) is 6.07. The van der Waals surface area contributed by atoms with Gasteiger partial charge in [0, 0.05) is 19.5 Å². The second-order valence-corrected chi connectivity index (χ2v) is 8.25. The molecule has 0 bridgehead atoms. The lowest BCUT2D eigenvalue weighted by Crippen LogP contribution is -2.39. The summed E-state index contributed by atoms with van der Waals surface area (Å²) in [5.74, 6) is 1.70. The van der Waals surface area contributed by atoms with Crippen molar-refractivity contribution in [2.45, 2.75) is 19.3 Å². The summed E-state index contributed by atoms with van der Waals surface area (Å²) >= 11 is 1.71. The number of likely N-dealkylation sites (tertiary alicyclic amines) is 1. The van der Waals surface area contributed by atoms with Crippen LogP contribution in [0.2, 0.25) is 0 Å². The third-order valence-corrected chi connectivity index (χ3v) is 5.97. The molecule has 1 saturated heterocycles. The van der Waals surface area contributed by atoms with Gasteiger partial charge < -0.3 is 14.4 Å². The molecule has 32 heavy (non-hydrogen) atoms. The van der Waals surface area contributed by atoms with E-state index in [1.807, 2.05) is 12.1 Å². The summed E-state index contributed by atoms with van der Waals surface area (Å²) in [6.45, 7) is 2.00. The van der Waals surface area contributed by atoms with Crippen molar-refractivity contribution in [1.29, 1.82) is 0 Å². The van der Waals surface area contributed by atoms with E-state index in [1.165, 1.54) is 30.6 Å². The van der Waals surface area contributed by atoms with E-state index in [0.29, 0.717) is 31.4 Å². The van der Waals surface area contributed by atoms with Crippen LogP contribution in [0.15, 0.2) is 59.1 Å². The predicted molar refractivity (Wildman–Crippen MR) is 126 cm³/mol. The van der Waals surface area contributed by atoms with Crippen molar-refractivity contribution in [1.82, 2.24) is 14.9 Å². The average molecular weight is 451 g/mol. The molecule has 166 valence electrons. The van der Waals surface area contributed by atoms with Crippen LogP contribution in [-0.2, 0) is 6.42 Å². The van der Waals surface area contributed by atoms with Gasteiger partial charge in [-0.15, -0.1) is 0 Å². The highest BCUT2D eigenvalue weighted by molar-refractivity contribution is 7.07. The Hall–Kier alpha value is -3.39. The van der Waals surface area contributed by atoms with Gasteiger partial charge in [0.15, 0.2) is 5.82 Å². The van der Waals surface area contributed by atoms with E-state index in [2.05, 4.69) is 50.3 Å². The molecule has 0 radical (unpaired) electrons. The monoisotopic (exact) mass is 450 g/mol. The van der Waals surface area contributed by atoms with Crippen molar-refractivity contribution in [2.24, 2.45) is 0 Å².